The normalized spacial score (nSPS) is 10.2. The van der Waals surface area contributed by atoms with Crippen LogP contribution in [0.2, 0.25) is 0 Å². The molecule has 0 aromatic carbocycles. The Morgan fingerprint density at radius 3 is 2.82 bits per heavy atom. The molecule has 0 spiro atoms. The van der Waals surface area contributed by atoms with Crippen LogP contribution in [-0.2, 0) is 4.74 Å². The van der Waals surface area contributed by atoms with Gasteiger partial charge in [0.25, 0.3) is 0 Å². The maximum absolute atomic E-state index is 11.6. The summed E-state index contributed by atoms with van der Waals surface area (Å²) in [4.78, 5) is 19.9. The van der Waals surface area contributed by atoms with Gasteiger partial charge in [-0.3, -0.25) is 4.57 Å². The number of nitrogens with zero attached hydrogens (tertiary/aromatic N) is 3. The number of hydrogen-bond donors (Lipinski definition) is 1. The quantitative estimate of drug-likeness (QED) is 0.779. The number of nitrogens with two attached hydrogens (primary N) is 1. The van der Waals surface area contributed by atoms with Crippen LogP contribution in [-0.4, -0.2) is 27.6 Å². The van der Waals surface area contributed by atoms with Gasteiger partial charge in [-0.05, 0) is 13.0 Å². The van der Waals surface area contributed by atoms with E-state index < -0.39 is 5.97 Å². The standard InChI is InChI=1S/C11H12N4O2/c1-7-13-3-4-15(7)10-9(11(16)17-2)5-8(12)6-14-10/h3-6H,12H2,1-2H3. The Bertz CT molecular complexity index is 562. The molecule has 0 fully saturated rings. The van der Waals surface area contributed by atoms with E-state index >= 15 is 0 Å². The Labute approximate surface area is 98.1 Å². The first-order chi connectivity index (χ1) is 8.13. The van der Waals surface area contributed by atoms with E-state index in [-0.39, 0.29) is 0 Å². The first-order valence-corrected chi connectivity index (χ1v) is 4.97. The van der Waals surface area contributed by atoms with E-state index in [1.54, 1.807) is 17.0 Å². The molecule has 17 heavy (non-hydrogen) atoms. The van der Waals surface area contributed by atoms with Gasteiger partial charge in [-0.2, -0.15) is 0 Å². The van der Waals surface area contributed by atoms with Crippen molar-refractivity contribution in [2.45, 2.75) is 6.92 Å². The van der Waals surface area contributed by atoms with E-state index in [2.05, 4.69) is 9.97 Å². The molecule has 0 bridgehead atoms. The number of ether oxygens (including phenoxy) is 1. The maximum Gasteiger partial charge on any atom is 0.341 e. The van der Waals surface area contributed by atoms with E-state index in [1.165, 1.54) is 19.4 Å². The summed E-state index contributed by atoms with van der Waals surface area (Å²) >= 11 is 0. The van der Waals surface area contributed by atoms with Gasteiger partial charge >= 0.3 is 5.97 Å². The molecule has 0 aliphatic heterocycles. The van der Waals surface area contributed by atoms with Crippen molar-refractivity contribution >= 4 is 11.7 Å². The fraction of sp³-hybridized carbons (Fsp3) is 0.182. The molecule has 2 aromatic heterocycles. The van der Waals surface area contributed by atoms with Crippen molar-refractivity contribution < 1.29 is 9.53 Å². The summed E-state index contributed by atoms with van der Waals surface area (Å²) in [5, 5.41) is 0. The highest BCUT2D eigenvalue weighted by Crippen LogP contribution is 2.17. The Balaban J connectivity index is 2.62. The van der Waals surface area contributed by atoms with Crippen LogP contribution in [0.25, 0.3) is 5.82 Å². The predicted molar refractivity (Wildman–Crippen MR) is 61.8 cm³/mol. The Morgan fingerprint density at radius 1 is 1.47 bits per heavy atom. The molecule has 2 rings (SSSR count). The van der Waals surface area contributed by atoms with Crippen molar-refractivity contribution in [3.8, 4) is 5.82 Å². The van der Waals surface area contributed by atoms with Gasteiger partial charge in [0.15, 0.2) is 5.82 Å². The summed E-state index contributed by atoms with van der Waals surface area (Å²) < 4.78 is 6.40. The number of carbonyl (C=O) groups excluding carboxylic acids is 1. The average molecular weight is 232 g/mol. The number of anilines is 1. The van der Waals surface area contributed by atoms with Gasteiger partial charge in [-0.25, -0.2) is 14.8 Å². The van der Waals surface area contributed by atoms with Gasteiger partial charge in [-0.15, -0.1) is 0 Å². The van der Waals surface area contributed by atoms with Gasteiger partial charge in [0.2, 0.25) is 0 Å². The topological polar surface area (TPSA) is 83.0 Å². The molecule has 0 saturated heterocycles. The van der Waals surface area contributed by atoms with Gasteiger partial charge in [0, 0.05) is 12.4 Å². The molecule has 2 aromatic rings. The smallest absolute Gasteiger partial charge is 0.341 e. The monoisotopic (exact) mass is 232 g/mol. The lowest BCUT2D eigenvalue weighted by atomic mass is 10.2. The third-order valence-corrected chi connectivity index (χ3v) is 2.35. The number of hydrogen-bond acceptors (Lipinski definition) is 5. The number of aryl methyl sites for hydroxylation is 1. The van der Waals surface area contributed by atoms with Crippen LogP contribution >= 0.6 is 0 Å². The predicted octanol–water partition coefficient (Wildman–Crippen LogP) is 0.945. The zero-order chi connectivity index (χ0) is 12.4. The van der Waals surface area contributed by atoms with Crippen LogP contribution < -0.4 is 5.73 Å². The van der Waals surface area contributed by atoms with Crippen molar-refractivity contribution in [1.82, 2.24) is 14.5 Å². The molecule has 0 aliphatic rings. The molecule has 88 valence electrons. The van der Waals surface area contributed by atoms with Gasteiger partial charge in [0.1, 0.15) is 11.4 Å². The van der Waals surface area contributed by atoms with E-state index in [0.717, 1.165) is 5.82 Å². The fourth-order valence-electron chi connectivity index (χ4n) is 1.53. The van der Waals surface area contributed by atoms with Crippen LogP contribution in [0.4, 0.5) is 5.69 Å². The number of pyridine rings is 1. The first-order valence-electron chi connectivity index (χ1n) is 4.97. The molecule has 0 radical (unpaired) electrons. The second kappa shape index (κ2) is 4.25. The van der Waals surface area contributed by atoms with Crippen LogP contribution in [0, 0.1) is 6.92 Å². The highest BCUT2D eigenvalue weighted by Gasteiger charge is 2.16. The van der Waals surface area contributed by atoms with Gasteiger partial charge < -0.3 is 10.5 Å². The Hall–Kier alpha value is -2.37. The Morgan fingerprint density at radius 2 is 2.24 bits per heavy atom. The lowest BCUT2D eigenvalue weighted by molar-refractivity contribution is 0.0600. The first kappa shape index (κ1) is 11.1. The summed E-state index contributed by atoms with van der Waals surface area (Å²) in [5.74, 6) is 0.710. The van der Waals surface area contributed by atoms with Crippen molar-refractivity contribution in [1.29, 1.82) is 0 Å². The summed E-state index contributed by atoms with van der Waals surface area (Å²) in [6.45, 7) is 1.82. The molecule has 6 nitrogen and oxygen atoms in total. The van der Waals surface area contributed by atoms with Crippen molar-refractivity contribution in [3.63, 3.8) is 0 Å². The van der Waals surface area contributed by atoms with Crippen molar-refractivity contribution in [3.05, 3.63) is 36.0 Å². The lowest BCUT2D eigenvalue weighted by Crippen LogP contribution is -2.11. The summed E-state index contributed by atoms with van der Waals surface area (Å²) in [7, 11) is 1.32. The van der Waals surface area contributed by atoms with E-state index in [9.17, 15) is 4.79 Å². The lowest BCUT2D eigenvalue weighted by Gasteiger charge is -2.09. The average Bonchev–Trinajstić information content (AvgIpc) is 2.74. The number of carbonyl (C=O) groups is 1. The number of esters is 1. The molecule has 2 heterocycles. The third-order valence-electron chi connectivity index (χ3n) is 2.35. The number of methoxy groups -OCH3 is 1. The summed E-state index contributed by atoms with van der Waals surface area (Å²) in [5.41, 5.74) is 6.34. The van der Waals surface area contributed by atoms with E-state index in [4.69, 9.17) is 10.5 Å². The zero-order valence-electron chi connectivity index (χ0n) is 9.54. The fourth-order valence-corrected chi connectivity index (χ4v) is 1.53. The Kier molecular flexibility index (Phi) is 2.78. The minimum Gasteiger partial charge on any atom is -0.465 e. The molecular formula is C11H12N4O2. The largest absolute Gasteiger partial charge is 0.465 e. The molecule has 0 saturated carbocycles. The number of rotatable bonds is 2. The third kappa shape index (κ3) is 1.96. The molecule has 0 aliphatic carbocycles. The molecule has 0 amide bonds. The highest BCUT2D eigenvalue weighted by molar-refractivity contribution is 5.93. The second-order valence-electron chi connectivity index (χ2n) is 3.48. The molecule has 2 N–H and O–H groups in total. The molecule has 0 unspecified atom stereocenters. The van der Waals surface area contributed by atoms with E-state index in [0.29, 0.717) is 17.1 Å². The SMILES string of the molecule is COC(=O)c1cc(N)cnc1-n1ccnc1C. The van der Waals surface area contributed by atoms with Crippen LogP contribution in [0.5, 0.6) is 0 Å². The van der Waals surface area contributed by atoms with Crippen LogP contribution in [0.15, 0.2) is 24.7 Å². The number of aromatic nitrogens is 3. The van der Waals surface area contributed by atoms with E-state index in [1.807, 2.05) is 6.92 Å². The molecular weight excluding hydrogens is 220 g/mol. The number of nitrogen functional groups attached to an aromatic ring is 1. The maximum atomic E-state index is 11.6. The van der Waals surface area contributed by atoms with Crippen LogP contribution in [0.3, 0.4) is 0 Å². The molecule has 0 atom stereocenters. The highest BCUT2D eigenvalue weighted by atomic mass is 16.5. The summed E-state index contributed by atoms with van der Waals surface area (Å²) in [6, 6.07) is 1.54. The minimum absolute atomic E-state index is 0.314. The minimum atomic E-state index is -0.479. The van der Waals surface area contributed by atoms with Gasteiger partial charge in [-0.1, -0.05) is 0 Å². The second-order valence-corrected chi connectivity index (χ2v) is 3.48. The van der Waals surface area contributed by atoms with Crippen molar-refractivity contribution in [2.75, 3.05) is 12.8 Å². The number of imidazole rings is 1. The van der Waals surface area contributed by atoms with Gasteiger partial charge in [0.05, 0.1) is 19.0 Å². The summed E-state index contributed by atoms with van der Waals surface area (Å²) in [6.07, 6.45) is 4.84. The van der Waals surface area contributed by atoms with Crippen molar-refractivity contribution in [2.24, 2.45) is 0 Å². The van der Waals surface area contributed by atoms with Crippen LogP contribution in [0.1, 0.15) is 16.2 Å². The molecule has 6 heteroatoms. The zero-order valence-corrected chi connectivity index (χ0v) is 9.54.